The second-order valence-corrected chi connectivity index (χ2v) is 5.16. The summed E-state index contributed by atoms with van der Waals surface area (Å²) in [6.45, 7) is 0.491. The van der Waals surface area contributed by atoms with E-state index >= 15 is 0 Å². The van der Waals surface area contributed by atoms with Gasteiger partial charge in [0.15, 0.2) is 0 Å². The third-order valence-corrected chi connectivity index (χ3v) is 3.52. The monoisotopic (exact) mass is 299 g/mol. The van der Waals surface area contributed by atoms with Crippen LogP contribution in [-0.4, -0.2) is 29.8 Å². The first-order chi connectivity index (χ1) is 9.54. The summed E-state index contributed by atoms with van der Waals surface area (Å²) in [5.41, 5.74) is 0.432. The molecule has 0 heterocycles. The molecule has 1 rings (SSSR count). The Labute approximate surface area is 121 Å². The minimum atomic E-state index is -0.801. The molecular formula is C14H18FNO3S. The third kappa shape index (κ3) is 5.61. The first-order valence-corrected chi connectivity index (χ1v) is 7.60. The standard InChI is InChI=1S/C14H18FNO3S/c1-20-12-9-10(6-7-11(12)15)14(19)16-8-4-2-3-5-13(17)18/h6-7,9H,2-5,8H2,1H3,(H,16,19)(H,17,18). The molecule has 1 amide bonds. The number of halogens is 1. The molecule has 0 saturated heterocycles. The van der Waals surface area contributed by atoms with Crippen LogP contribution in [0.2, 0.25) is 0 Å². The summed E-state index contributed by atoms with van der Waals surface area (Å²) in [5, 5.41) is 11.2. The topological polar surface area (TPSA) is 66.4 Å². The van der Waals surface area contributed by atoms with Crippen LogP contribution in [0.1, 0.15) is 36.0 Å². The first kappa shape index (κ1) is 16.5. The second-order valence-electron chi connectivity index (χ2n) is 4.31. The number of carboxylic acid groups (broad SMARTS) is 1. The molecule has 0 bridgehead atoms. The highest BCUT2D eigenvalue weighted by Crippen LogP contribution is 2.20. The Kier molecular flexibility index (Phi) is 7.08. The summed E-state index contributed by atoms with van der Waals surface area (Å²) < 4.78 is 13.3. The van der Waals surface area contributed by atoms with Gasteiger partial charge in [-0.25, -0.2) is 4.39 Å². The third-order valence-electron chi connectivity index (χ3n) is 2.77. The van der Waals surface area contributed by atoms with Crippen LogP contribution in [0.4, 0.5) is 4.39 Å². The lowest BCUT2D eigenvalue weighted by atomic mass is 10.2. The number of hydrogen-bond donors (Lipinski definition) is 2. The van der Waals surface area contributed by atoms with Gasteiger partial charge < -0.3 is 10.4 Å². The van der Waals surface area contributed by atoms with Gasteiger partial charge >= 0.3 is 5.97 Å². The average Bonchev–Trinajstić information content (AvgIpc) is 2.42. The van der Waals surface area contributed by atoms with Gasteiger partial charge in [0.2, 0.25) is 0 Å². The van der Waals surface area contributed by atoms with Crippen molar-refractivity contribution in [2.75, 3.05) is 12.8 Å². The number of hydrogen-bond acceptors (Lipinski definition) is 3. The van der Waals surface area contributed by atoms with E-state index in [1.165, 1.54) is 30.0 Å². The first-order valence-electron chi connectivity index (χ1n) is 6.38. The molecule has 4 nitrogen and oxygen atoms in total. The molecule has 0 aliphatic carbocycles. The zero-order valence-electron chi connectivity index (χ0n) is 11.3. The van der Waals surface area contributed by atoms with E-state index in [1.54, 1.807) is 6.26 Å². The number of rotatable bonds is 8. The molecule has 0 atom stereocenters. The average molecular weight is 299 g/mol. The highest BCUT2D eigenvalue weighted by molar-refractivity contribution is 7.98. The van der Waals surface area contributed by atoms with E-state index in [4.69, 9.17) is 5.11 Å². The van der Waals surface area contributed by atoms with Gasteiger partial charge in [0.25, 0.3) is 5.91 Å². The molecule has 0 unspecified atom stereocenters. The van der Waals surface area contributed by atoms with Crippen LogP contribution in [-0.2, 0) is 4.79 Å². The zero-order valence-corrected chi connectivity index (χ0v) is 12.1. The number of carbonyl (C=O) groups is 2. The van der Waals surface area contributed by atoms with E-state index in [1.807, 2.05) is 0 Å². The van der Waals surface area contributed by atoms with Crippen LogP contribution in [0.3, 0.4) is 0 Å². The minimum Gasteiger partial charge on any atom is -0.481 e. The van der Waals surface area contributed by atoms with Crippen LogP contribution >= 0.6 is 11.8 Å². The van der Waals surface area contributed by atoms with Crippen LogP contribution in [0.25, 0.3) is 0 Å². The molecule has 0 aliphatic heterocycles. The lowest BCUT2D eigenvalue weighted by molar-refractivity contribution is -0.137. The summed E-state index contributed by atoms with van der Waals surface area (Å²) in [7, 11) is 0. The molecule has 2 N–H and O–H groups in total. The Hall–Kier alpha value is -1.56. The Morgan fingerprint density at radius 1 is 1.30 bits per heavy atom. The van der Waals surface area contributed by atoms with Gasteiger partial charge in [-0.15, -0.1) is 11.8 Å². The maximum absolute atomic E-state index is 13.3. The van der Waals surface area contributed by atoms with E-state index in [-0.39, 0.29) is 18.1 Å². The van der Waals surface area contributed by atoms with Crippen molar-refractivity contribution in [2.24, 2.45) is 0 Å². The number of thioether (sulfide) groups is 1. The predicted molar refractivity (Wildman–Crippen MR) is 76.6 cm³/mol. The van der Waals surface area contributed by atoms with Gasteiger partial charge in [-0.2, -0.15) is 0 Å². The van der Waals surface area contributed by atoms with E-state index < -0.39 is 5.97 Å². The lowest BCUT2D eigenvalue weighted by Crippen LogP contribution is -2.24. The van der Waals surface area contributed by atoms with Gasteiger partial charge in [0.05, 0.1) is 0 Å². The van der Waals surface area contributed by atoms with Gasteiger partial charge in [0.1, 0.15) is 5.82 Å². The molecule has 0 saturated carbocycles. The van der Waals surface area contributed by atoms with Crippen LogP contribution in [0.5, 0.6) is 0 Å². The SMILES string of the molecule is CSc1cc(C(=O)NCCCCCC(=O)O)ccc1F. The maximum Gasteiger partial charge on any atom is 0.303 e. The zero-order chi connectivity index (χ0) is 15.0. The molecule has 20 heavy (non-hydrogen) atoms. The van der Waals surface area contributed by atoms with Gasteiger partial charge in [-0.3, -0.25) is 9.59 Å². The highest BCUT2D eigenvalue weighted by atomic mass is 32.2. The van der Waals surface area contributed by atoms with Crippen molar-refractivity contribution in [3.8, 4) is 0 Å². The van der Waals surface area contributed by atoms with Crippen molar-refractivity contribution < 1.29 is 19.1 Å². The Morgan fingerprint density at radius 3 is 2.70 bits per heavy atom. The molecule has 1 aromatic rings. The molecule has 110 valence electrons. The summed E-state index contributed by atoms with van der Waals surface area (Å²) in [6.07, 6.45) is 4.01. The van der Waals surface area contributed by atoms with Crippen molar-refractivity contribution in [3.05, 3.63) is 29.6 Å². The second kappa shape index (κ2) is 8.58. The minimum absolute atomic E-state index is 0.156. The van der Waals surface area contributed by atoms with Crippen molar-refractivity contribution in [1.82, 2.24) is 5.32 Å². The normalized spacial score (nSPS) is 10.3. The van der Waals surface area contributed by atoms with Gasteiger partial charge in [-0.05, 0) is 37.3 Å². The Balaban J connectivity index is 2.34. The molecule has 0 fully saturated rings. The smallest absolute Gasteiger partial charge is 0.303 e. The summed E-state index contributed by atoms with van der Waals surface area (Å²) in [5.74, 6) is -1.37. The fourth-order valence-corrected chi connectivity index (χ4v) is 2.19. The summed E-state index contributed by atoms with van der Waals surface area (Å²) in [6, 6.07) is 4.27. The van der Waals surface area contributed by atoms with E-state index in [0.29, 0.717) is 23.4 Å². The van der Waals surface area contributed by atoms with Crippen molar-refractivity contribution in [2.45, 2.75) is 30.6 Å². The largest absolute Gasteiger partial charge is 0.481 e. The predicted octanol–water partition coefficient (Wildman–Crippen LogP) is 2.92. The lowest BCUT2D eigenvalue weighted by Gasteiger charge is -2.06. The molecule has 0 aromatic heterocycles. The van der Waals surface area contributed by atoms with Crippen molar-refractivity contribution in [3.63, 3.8) is 0 Å². The molecule has 0 spiro atoms. The van der Waals surface area contributed by atoms with Gasteiger partial charge in [-0.1, -0.05) is 6.42 Å². The molecular weight excluding hydrogens is 281 g/mol. The fraction of sp³-hybridized carbons (Fsp3) is 0.429. The van der Waals surface area contributed by atoms with E-state index in [9.17, 15) is 14.0 Å². The molecule has 0 radical (unpaired) electrons. The quantitative estimate of drug-likeness (QED) is 0.572. The van der Waals surface area contributed by atoms with Crippen LogP contribution < -0.4 is 5.32 Å². The molecule has 0 aliphatic rings. The van der Waals surface area contributed by atoms with Crippen LogP contribution in [0, 0.1) is 5.82 Å². The fourth-order valence-electron chi connectivity index (χ4n) is 1.68. The number of benzene rings is 1. The highest BCUT2D eigenvalue weighted by Gasteiger charge is 2.08. The Bertz CT molecular complexity index is 479. The van der Waals surface area contributed by atoms with Crippen LogP contribution in [0.15, 0.2) is 23.1 Å². The Morgan fingerprint density at radius 2 is 2.05 bits per heavy atom. The van der Waals surface area contributed by atoms with E-state index in [2.05, 4.69) is 5.32 Å². The maximum atomic E-state index is 13.3. The molecule has 1 aromatic carbocycles. The number of nitrogens with one attached hydrogen (secondary N) is 1. The number of carboxylic acids is 1. The molecule has 6 heteroatoms. The summed E-state index contributed by atoms with van der Waals surface area (Å²) >= 11 is 1.25. The number of unbranched alkanes of at least 4 members (excludes halogenated alkanes) is 2. The number of amides is 1. The number of aliphatic carboxylic acids is 1. The van der Waals surface area contributed by atoms with Crippen molar-refractivity contribution in [1.29, 1.82) is 0 Å². The van der Waals surface area contributed by atoms with Crippen molar-refractivity contribution >= 4 is 23.6 Å². The number of carbonyl (C=O) groups excluding carboxylic acids is 1. The summed E-state index contributed by atoms with van der Waals surface area (Å²) in [4.78, 5) is 22.6. The van der Waals surface area contributed by atoms with Gasteiger partial charge in [0, 0.05) is 23.4 Å². The van der Waals surface area contributed by atoms with E-state index in [0.717, 1.165) is 12.8 Å².